The third-order valence-electron chi connectivity index (χ3n) is 3.33. The van der Waals surface area contributed by atoms with Gasteiger partial charge in [-0.2, -0.15) is 8.78 Å². The molecule has 1 saturated carbocycles. The van der Waals surface area contributed by atoms with E-state index in [1.54, 1.807) is 6.08 Å². The lowest BCUT2D eigenvalue weighted by molar-refractivity contribution is -0.230. The van der Waals surface area contributed by atoms with Gasteiger partial charge in [-0.3, -0.25) is 0 Å². The lowest BCUT2D eigenvalue weighted by atomic mass is 9.85. The van der Waals surface area contributed by atoms with E-state index in [0.717, 1.165) is 0 Å². The topological polar surface area (TPSA) is 0 Å². The Kier molecular flexibility index (Phi) is 1.95. The van der Waals surface area contributed by atoms with Crippen LogP contribution in [0, 0.1) is 17.8 Å². The van der Waals surface area contributed by atoms with Crippen molar-refractivity contribution in [2.24, 2.45) is 17.8 Å². The summed E-state index contributed by atoms with van der Waals surface area (Å²) in [4.78, 5) is 0. The molecule has 2 aliphatic carbocycles. The zero-order chi connectivity index (χ0) is 10.6. The highest BCUT2D eigenvalue weighted by Crippen LogP contribution is 2.54. The van der Waals surface area contributed by atoms with Gasteiger partial charge in [0.2, 0.25) is 0 Å². The van der Waals surface area contributed by atoms with E-state index in [9.17, 15) is 17.6 Å². The van der Waals surface area contributed by atoms with Crippen LogP contribution in [0.25, 0.3) is 0 Å². The third kappa shape index (κ3) is 1.27. The summed E-state index contributed by atoms with van der Waals surface area (Å²) in [5, 5.41) is 0. The summed E-state index contributed by atoms with van der Waals surface area (Å²) in [6.07, 6.45) is 4.36. The molecule has 2 aliphatic rings. The molecule has 3 atom stereocenters. The molecule has 1 fully saturated rings. The molecular formula is C10H12F4. The van der Waals surface area contributed by atoms with Gasteiger partial charge in [-0.05, 0) is 24.7 Å². The zero-order valence-electron chi connectivity index (χ0n) is 7.81. The standard InChI is InChI=1S/C10H12F4/c1-9(11,12)10(13,14)8-5-6-2-3-7(8)4-6/h2-3,6-8H,4-5H2,1H3. The van der Waals surface area contributed by atoms with Crippen molar-refractivity contribution in [3.63, 3.8) is 0 Å². The molecule has 0 aromatic heterocycles. The summed E-state index contributed by atoms with van der Waals surface area (Å²) in [5.41, 5.74) is 0. The van der Waals surface area contributed by atoms with Gasteiger partial charge >= 0.3 is 11.8 Å². The Hall–Kier alpha value is -0.540. The summed E-state index contributed by atoms with van der Waals surface area (Å²) in [7, 11) is 0. The average molecular weight is 208 g/mol. The molecule has 0 aromatic carbocycles. The molecule has 0 amide bonds. The number of alkyl halides is 4. The van der Waals surface area contributed by atoms with Crippen molar-refractivity contribution in [1.29, 1.82) is 0 Å². The number of hydrogen-bond acceptors (Lipinski definition) is 0. The molecule has 3 unspecified atom stereocenters. The molecule has 2 rings (SSSR count). The molecule has 2 bridgehead atoms. The van der Waals surface area contributed by atoms with E-state index in [0.29, 0.717) is 13.3 Å². The Morgan fingerprint density at radius 1 is 1.07 bits per heavy atom. The van der Waals surface area contributed by atoms with Gasteiger partial charge in [0.1, 0.15) is 0 Å². The molecule has 0 N–H and O–H groups in total. The van der Waals surface area contributed by atoms with Crippen LogP contribution in [0.4, 0.5) is 17.6 Å². The number of hydrogen-bond donors (Lipinski definition) is 0. The first-order valence-electron chi connectivity index (χ1n) is 4.76. The molecule has 80 valence electrons. The monoisotopic (exact) mass is 208 g/mol. The maximum atomic E-state index is 13.3. The Balaban J connectivity index is 2.20. The highest BCUT2D eigenvalue weighted by atomic mass is 19.3. The smallest absolute Gasteiger partial charge is 0.200 e. The van der Waals surface area contributed by atoms with Crippen LogP contribution >= 0.6 is 0 Å². The van der Waals surface area contributed by atoms with E-state index in [2.05, 4.69) is 0 Å². The van der Waals surface area contributed by atoms with Crippen LogP contribution in [0.5, 0.6) is 0 Å². The van der Waals surface area contributed by atoms with Gasteiger partial charge < -0.3 is 0 Å². The summed E-state index contributed by atoms with van der Waals surface area (Å²) >= 11 is 0. The SMILES string of the molecule is CC(F)(F)C(F)(F)C1CC2C=CC1C2. The lowest BCUT2D eigenvalue weighted by Gasteiger charge is -2.32. The second-order valence-corrected chi connectivity index (χ2v) is 4.40. The number of rotatable bonds is 2. The van der Waals surface area contributed by atoms with Crippen LogP contribution in [-0.2, 0) is 0 Å². The first-order valence-corrected chi connectivity index (χ1v) is 4.76. The van der Waals surface area contributed by atoms with Crippen molar-refractivity contribution in [1.82, 2.24) is 0 Å². The van der Waals surface area contributed by atoms with E-state index in [1.807, 2.05) is 6.08 Å². The first kappa shape index (κ1) is 9.99. The van der Waals surface area contributed by atoms with E-state index in [-0.39, 0.29) is 18.3 Å². The molecule has 0 radical (unpaired) electrons. The molecule has 0 heterocycles. The minimum absolute atomic E-state index is 0.0956. The first-order chi connectivity index (χ1) is 6.32. The van der Waals surface area contributed by atoms with Crippen LogP contribution < -0.4 is 0 Å². The molecule has 0 aliphatic heterocycles. The molecule has 0 nitrogen and oxygen atoms in total. The van der Waals surface area contributed by atoms with Crippen LogP contribution in [0.3, 0.4) is 0 Å². The average Bonchev–Trinajstić information content (AvgIpc) is 2.61. The molecule has 0 spiro atoms. The molecular weight excluding hydrogens is 196 g/mol. The van der Waals surface area contributed by atoms with Crippen LogP contribution in [0.1, 0.15) is 19.8 Å². The summed E-state index contributed by atoms with van der Waals surface area (Å²) in [6, 6.07) is 0. The zero-order valence-corrected chi connectivity index (χ0v) is 7.81. The van der Waals surface area contributed by atoms with Gasteiger partial charge in [-0.1, -0.05) is 12.2 Å². The fraction of sp³-hybridized carbons (Fsp3) is 0.800. The van der Waals surface area contributed by atoms with Crippen molar-refractivity contribution in [2.75, 3.05) is 0 Å². The van der Waals surface area contributed by atoms with Gasteiger partial charge in [0, 0.05) is 12.8 Å². The molecule has 14 heavy (non-hydrogen) atoms. The normalized spacial score (nSPS) is 36.8. The minimum Gasteiger partial charge on any atom is -0.200 e. The van der Waals surface area contributed by atoms with Gasteiger partial charge in [0.05, 0.1) is 0 Å². The van der Waals surface area contributed by atoms with Crippen LogP contribution in [0.15, 0.2) is 12.2 Å². The van der Waals surface area contributed by atoms with E-state index in [1.165, 1.54) is 0 Å². The van der Waals surface area contributed by atoms with Crippen LogP contribution in [0.2, 0.25) is 0 Å². The van der Waals surface area contributed by atoms with Gasteiger partial charge in [0.25, 0.3) is 0 Å². The van der Waals surface area contributed by atoms with Crippen molar-refractivity contribution >= 4 is 0 Å². The number of allylic oxidation sites excluding steroid dienone is 2. The Morgan fingerprint density at radius 2 is 1.71 bits per heavy atom. The largest absolute Gasteiger partial charge is 0.313 e. The fourth-order valence-corrected chi connectivity index (χ4v) is 2.52. The van der Waals surface area contributed by atoms with Gasteiger partial charge in [-0.25, -0.2) is 8.78 Å². The maximum Gasteiger partial charge on any atom is 0.313 e. The number of halogens is 4. The van der Waals surface area contributed by atoms with E-state index >= 15 is 0 Å². The second-order valence-electron chi connectivity index (χ2n) is 4.40. The van der Waals surface area contributed by atoms with Gasteiger partial charge in [0.15, 0.2) is 0 Å². The Labute approximate surface area is 80.0 Å². The highest BCUT2D eigenvalue weighted by molar-refractivity contribution is 5.13. The minimum atomic E-state index is -3.91. The fourth-order valence-electron chi connectivity index (χ4n) is 2.52. The summed E-state index contributed by atoms with van der Waals surface area (Å²) < 4.78 is 52.0. The molecule has 4 heteroatoms. The van der Waals surface area contributed by atoms with Crippen molar-refractivity contribution in [3.05, 3.63) is 12.2 Å². The van der Waals surface area contributed by atoms with E-state index < -0.39 is 17.8 Å². The van der Waals surface area contributed by atoms with Crippen molar-refractivity contribution in [2.45, 2.75) is 31.6 Å². The highest BCUT2D eigenvalue weighted by Gasteiger charge is 2.61. The summed E-state index contributed by atoms with van der Waals surface area (Å²) in [5.74, 6) is -9.19. The van der Waals surface area contributed by atoms with Crippen molar-refractivity contribution < 1.29 is 17.6 Å². The summed E-state index contributed by atoms with van der Waals surface area (Å²) in [6.45, 7) is 0.308. The third-order valence-corrected chi connectivity index (χ3v) is 3.33. The van der Waals surface area contributed by atoms with Gasteiger partial charge in [-0.15, -0.1) is 0 Å². The quantitative estimate of drug-likeness (QED) is 0.481. The molecule has 0 aromatic rings. The predicted octanol–water partition coefficient (Wildman–Crippen LogP) is 3.49. The van der Waals surface area contributed by atoms with E-state index in [4.69, 9.17) is 0 Å². The van der Waals surface area contributed by atoms with Crippen LogP contribution in [-0.4, -0.2) is 11.8 Å². The molecule has 0 saturated heterocycles. The van der Waals surface area contributed by atoms with Crippen molar-refractivity contribution in [3.8, 4) is 0 Å². The predicted molar refractivity (Wildman–Crippen MR) is 44.4 cm³/mol. The Morgan fingerprint density at radius 3 is 2.07 bits per heavy atom. The Bertz CT molecular complexity index is 264. The lowest BCUT2D eigenvalue weighted by Crippen LogP contribution is -2.45. The number of fused-ring (bicyclic) bond motifs is 2. The maximum absolute atomic E-state index is 13.3. The second kappa shape index (κ2) is 2.74.